The summed E-state index contributed by atoms with van der Waals surface area (Å²) in [5.41, 5.74) is 0. The van der Waals surface area contributed by atoms with Crippen molar-refractivity contribution in [1.82, 2.24) is 20.4 Å². The molecule has 1 rings (SSSR count). The van der Waals surface area contributed by atoms with Gasteiger partial charge >= 0.3 is 12.0 Å². The number of urea groups is 1. The van der Waals surface area contributed by atoms with Gasteiger partial charge in [0.05, 0.1) is 6.54 Å². The molecule has 106 valence electrons. The zero-order chi connectivity index (χ0) is 14.3. The van der Waals surface area contributed by atoms with Gasteiger partial charge in [-0.15, -0.1) is 0 Å². The maximum Gasteiger partial charge on any atom is 0.332 e. The molecule has 2 unspecified atom stereocenters. The van der Waals surface area contributed by atoms with Crippen LogP contribution >= 0.6 is 0 Å². The summed E-state index contributed by atoms with van der Waals surface area (Å²) in [5.74, 6) is -1.30. The third-order valence-corrected chi connectivity index (χ3v) is 2.39. The van der Waals surface area contributed by atoms with Crippen molar-refractivity contribution < 1.29 is 19.8 Å². The normalized spacial score (nSPS) is 13.6. The molecule has 1 aromatic heterocycles. The van der Waals surface area contributed by atoms with E-state index in [-0.39, 0.29) is 19.0 Å². The number of nitrogens with zero attached hydrogens (tertiary/aromatic N) is 2. The van der Waals surface area contributed by atoms with E-state index in [9.17, 15) is 9.59 Å². The number of nitrogens with one attached hydrogen (secondary N) is 2. The quantitative estimate of drug-likeness (QED) is 0.528. The van der Waals surface area contributed by atoms with E-state index in [1.165, 1.54) is 0 Å². The van der Waals surface area contributed by atoms with Crippen LogP contribution in [0.5, 0.6) is 0 Å². The van der Waals surface area contributed by atoms with Gasteiger partial charge in [-0.25, -0.2) is 9.59 Å². The summed E-state index contributed by atoms with van der Waals surface area (Å²) >= 11 is 0. The monoisotopic (exact) mass is 270 g/mol. The number of carbonyl (C=O) groups is 2. The van der Waals surface area contributed by atoms with E-state index in [1.807, 2.05) is 6.92 Å². The molecule has 0 fully saturated rings. The molecule has 0 saturated heterocycles. The summed E-state index contributed by atoms with van der Waals surface area (Å²) in [6.45, 7) is 2.46. The first kappa shape index (κ1) is 15.0. The number of carbonyl (C=O) groups excluding carboxylic acids is 1. The Labute approximate surface area is 110 Å². The summed E-state index contributed by atoms with van der Waals surface area (Å²) in [4.78, 5) is 21.8. The second-order valence-corrected chi connectivity index (χ2v) is 4.17. The van der Waals surface area contributed by atoms with Gasteiger partial charge in [-0.2, -0.15) is 5.10 Å². The lowest BCUT2D eigenvalue weighted by Gasteiger charge is -2.15. The number of hydrogen-bond acceptors (Lipinski definition) is 4. The summed E-state index contributed by atoms with van der Waals surface area (Å²) in [5, 5.41) is 26.6. The molecule has 0 aliphatic rings. The largest absolute Gasteiger partial charge is 0.479 e. The Hall–Kier alpha value is -2.09. The molecule has 0 radical (unpaired) electrons. The molecule has 2 amide bonds. The molecular formula is C11H18N4O4. The Morgan fingerprint density at radius 1 is 1.47 bits per heavy atom. The molecule has 0 aliphatic carbocycles. The van der Waals surface area contributed by atoms with Crippen LogP contribution in [-0.2, 0) is 11.3 Å². The Kier molecular flexibility index (Phi) is 5.80. The van der Waals surface area contributed by atoms with Gasteiger partial charge in [0, 0.05) is 31.4 Å². The first-order chi connectivity index (χ1) is 8.99. The smallest absolute Gasteiger partial charge is 0.332 e. The maximum atomic E-state index is 11.5. The van der Waals surface area contributed by atoms with E-state index in [2.05, 4.69) is 15.7 Å². The third-order valence-electron chi connectivity index (χ3n) is 2.39. The predicted molar refractivity (Wildman–Crippen MR) is 66.5 cm³/mol. The summed E-state index contributed by atoms with van der Waals surface area (Å²) < 4.78 is 1.69. The number of rotatable bonds is 7. The van der Waals surface area contributed by atoms with E-state index in [4.69, 9.17) is 10.2 Å². The van der Waals surface area contributed by atoms with Gasteiger partial charge < -0.3 is 20.8 Å². The number of aliphatic hydroxyl groups is 1. The first-order valence-electron chi connectivity index (χ1n) is 5.91. The van der Waals surface area contributed by atoms with Crippen LogP contribution < -0.4 is 10.6 Å². The van der Waals surface area contributed by atoms with Gasteiger partial charge in [-0.1, -0.05) is 0 Å². The molecule has 8 heteroatoms. The number of carboxylic acid groups (broad SMARTS) is 1. The first-order valence-corrected chi connectivity index (χ1v) is 5.91. The van der Waals surface area contributed by atoms with Crippen LogP contribution in [0.2, 0.25) is 0 Å². The zero-order valence-corrected chi connectivity index (χ0v) is 10.6. The SMILES string of the molecule is CC(Cn1cccn1)NC(=O)NCCC(O)C(=O)O. The summed E-state index contributed by atoms with van der Waals surface area (Å²) in [7, 11) is 0. The Balaban J connectivity index is 2.18. The molecule has 0 aliphatic heterocycles. The average Bonchev–Trinajstić information content (AvgIpc) is 2.81. The minimum atomic E-state index is -1.46. The van der Waals surface area contributed by atoms with Crippen LogP contribution in [0.4, 0.5) is 4.79 Å². The van der Waals surface area contributed by atoms with Crippen LogP contribution in [-0.4, -0.2) is 50.7 Å². The van der Waals surface area contributed by atoms with Gasteiger partial charge in [-0.05, 0) is 13.0 Å². The van der Waals surface area contributed by atoms with Crippen molar-refractivity contribution in [3.8, 4) is 0 Å². The van der Waals surface area contributed by atoms with E-state index in [0.29, 0.717) is 6.54 Å². The van der Waals surface area contributed by atoms with Gasteiger partial charge in [0.15, 0.2) is 6.10 Å². The number of aromatic nitrogens is 2. The molecule has 0 spiro atoms. The third kappa shape index (κ3) is 5.87. The zero-order valence-electron chi connectivity index (χ0n) is 10.6. The molecule has 0 aromatic carbocycles. The summed E-state index contributed by atoms with van der Waals surface area (Å²) in [6.07, 6.45) is 1.96. The molecule has 1 heterocycles. The average molecular weight is 270 g/mol. The predicted octanol–water partition coefficient (Wildman–Crippen LogP) is -0.594. The highest BCUT2D eigenvalue weighted by Gasteiger charge is 2.13. The molecule has 8 nitrogen and oxygen atoms in total. The minimum Gasteiger partial charge on any atom is -0.479 e. The lowest BCUT2D eigenvalue weighted by Crippen LogP contribution is -2.43. The highest BCUT2D eigenvalue weighted by atomic mass is 16.4. The Morgan fingerprint density at radius 2 is 2.21 bits per heavy atom. The molecule has 19 heavy (non-hydrogen) atoms. The summed E-state index contributed by atoms with van der Waals surface area (Å²) in [6, 6.07) is 1.27. The fourth-order valence-electron chi connectivity index (χ4n) is 1.46. The van der Waals surface area contributed by atoms with Gasteiger partial charge in [0.2, 0.25) is 0 Å². The van der Waals surface area contributed by atoms with E-state index < -0.39 is 18.1 Å². The maximum absolute atomic E-state index is 11.5. The molecule has 2 atom stereocenters. The van der Waals surface area contributed by atoms with Crippen LogP contribution in [0.1, 0.15) is 13.3 Å². The van der Waals surface area contributed by atoms with Crippen LogP contribution in [0.3, 0.4) is 0 Å². The second-order valence-electron chi connectivity index (χ2n) is 4.17. The second kappa shape index (κ2) is 7.37. The van der Waals surface area contributed by atoms with Gasteiger partial charge in [0.25, 0.3) is 0 Å². The van der Waals surface area contributed by atoms with Crippen molar-refractivity contribution >= 4 is 12.0 Å². The standard InChI is InChI=1S/C11H18N4O4/c1-8(7-15-6-2-4-13-15)14-11(19)12-5-3-9(16)10(17)18/h2,4,6,8-9,16H,3,5,7H2,1H3,(H,17,18)(H2,12,14,19). The number of aliphatic hydroxyl groups excluding tert-OH is 1. The fourth-order valence-corrected chi connectivity index (χ4v) is 1.46. The van der Waals surface area contributed by atoms with E-state index >= 15 is 0 Å². The van der Waals surface area contributed by atoms with Gasteiger partial charge in [-0.3, -0.25) is 4.68 Å². The lowest BCUT2D eigenvalue weighted by molar-refractivity contribution is -0.146. The number of hydrogen-bond donors (Lipinski definition) is 4. The van der Waals surface area contributed by atoms with Crippen molar-refractivity contribution in [3.63, 3.8) is 0 Å². The number of amides is 2. The van der Waals surface area contributed by atoms with Crippen LogP contribution in [0.25, 0.3) is 0 Å². The van der Waals surface area contributed by atoms with Gasteiger partial charge in [0.1, 0.15) is 0 Å². The van der Waals surface area contributed by atoms with E-state index in [1.54, 1.807) is 23.1 Å². The Morgan fingerprint density at radius 3 is 2.79 bits per heavy atom. The lowest BCUT2D eigenvalue weighted by atomic mass is 10.2. The van der Waals surface area contributed by atoms with Crippen molar-refractivity contribution in [2.24, 2.45) is 0 Å². The van der Waals surface area contributed by atoms with Crippen LogP contribution in [0, 0.1) is 0 Å². The highest BCUT2D eigenvalue weighted by molar-refractivity contribution is 5.74. The van der Waals surface area contributed by atoms with Crippen molar-refractivity contribution in [2.75, 3.05) is 6.54 Å². The molecule has 1 aromatic rings. The number of aliphatic carboxylic acids is 1. The van der Waals surface area contributed by atoms with Crippen molar-refractivity contribution in [2.45, 2.75) is 32.0 Å². The highest BCUT2D eigenvalue weighted by Crippen LogP contribution is 1.91. The molecule has 4 N–H and O–H groups in total. The van der Waals surface area contributed by atoms with Crippen molar-refractivity contribution in [1.29, 1.82) is 0 Å². The fraction of sp³-hybridized carbons (Fsp3) is 0.545. The number of carboxylic acids is 1. The minimum absolute atomic E-state index is 0.0315. The molecule has 0 saturated carbocycles. The molecular weight excluding hydrogens is 252 g/mol. The van der Waals surface area contributed by atoms with Crippen molar-refractivity contribution in [3.05, 3.63) is 18.5 Å². The van der Waals surface area contributed by atoms with Crippen LogP contribution in [0.15, 0.2) is 18.5 Å². The topological polar surface area (TPSA) is 116 Å². The van der Waals surface area contributed by atoms with E-state index in [0.717, 1.165) is 0 Å². The Bertz CT molecular complexity index is 407. The molecule has 0 bridgehead atoms.